The molecule has 0 radical (unpaired) electrons. The number of carbonyl (C=O) groups excluding carboxylic acids is 1. The smallest absolute Gasteiger partial charge is 0.274 e. The number of H-pyrrole nitrogens is 1. The first-order chi connectivity index (χ1) is 13.4. The van der Waals surface area contributed by atoms with E-state index < -0.39 is 5.91 Å². The number of nitrogens with two attached hydrogens (primary N) is 1. The average Bonchev–Trinajstić information content (AvgIpc) is 3.06. The van der Waals surface area contributed by atoms with Crippen LogP contribution in [0.3, 0.4) is 0 Å². The number of aromatic amines is 1. The number of benzene rings is 1. The lowest BCUT2D eigenvalue weighted by molar-refractivity contribution is 0.0972. The number of aromatic nitrogens is 2. The van der Waals surface area contributed by atoms with Crippen molar-refractivity contribution in [3.8, 4) is 11.5 Å². The molecule has 2 heterocycles. The maximum Gasteiger partial charge on any atom is 0.274 e. The first-order valence-corrected chi connectivity index (χ1v) is 8.87. The molecule has 0 unspecified atom stereocenters. The Morgan fingerprint density at radius 3 is 2.82 bits per heavy atom. The summed E-state index contributed by atoms with van der Waals surface area (Å²) in [6.45, 7) is 0.705. The number of carbonyl (C=O) groups is 1. The van der Waals surface area contributed by atoms with Crippen molar-refractivity contribution in [2.75, 3.05) is 21.1 Å². The van der Waals surface area contributed by atoms with Crippen LogP contribution in [0.1, 0.15) is 16.2 Å². The predicted molar refractivity (Wildman–Crippen MR) is 110 cm³/mol. The number of nitrogens with one attached hydrogen (secondary N) is 2. The molecule has 0 bridgehead atoms. The summed E-state index contributed by atoms with van der Waals surface area (Å²) < 4.78 is 5.94. The molecule has 0 spiro atoms. The number of amides is 1. The zero-order valence-corrected chi connectivity index (χ0v) is 16.5. The van der Waals surface area contributed by atoms with Crippen LogP contribution >= 0.6 is 11.6 Å². The molecular weight excluding hydrogens is 380 g/mol. The van der Waals surface area contributed by atoms with Gasteiger partial charge in [-0.1, -0.05) is 11.6 Å². The van der Waals surface area contributed by atoms with Gasteiger partial charge in [-0.15, -0.1) is 0 Å². The second-order valence-electron chi connectivity index (χ2n) is 6.44. The topological polar surface area (TPSA) is 109 Å². The van der Waals surface area contributed by atoms with Gasteiger partial charge in [0.1, 0.15) is 17.2 Å². The number of pyridine rings is 1. The summed E-state index contributed by atoms with van der Waals surface area (Å²) in [5, 5.41) is 3.64. The van der Waals surface area contributed by atoms with E-state index in [1.165, 1.54) is 7.05 Å². The van der Waals surface area contributed by atoms with E-state index in [-0.39, 0.29) is 5.96 Å². The first-order valence-electron chi connectivity index (χ1n) is 8.49. The fourth-order valence-electron chi connectivity index (χ4n) is 2.66. The molecule has 0 fully saturated rings. The van der Waals surface area contributed by atoms with Crippen LogP contribution in [0, 0.1) is 0 Å². The van der Waals surface area contributed by atoms with Crippen LogP contribution in [0.5, 0.6) is 11.5 Å². The van der Waals surface area contributed by atoms with Gasteiger partial charge in [-0.05, 0) is 26.2 Å². The van der Waals surface area contributed by atoms with E-state index >= 15 is 0 Å². The minimum atomic E-state index is -0.403. The molecule has 0 saturated carbocycles. The monoisotopic (exact) mass is 400 g/mol. The summed E-state index contributed by atoms with van der Waals surface area (Å²) >= 11 is 6.38. The molecule has 1 aromatic carbocycles. The number of aliphatic imine (C=N–C) groups is 1. The highest BCUT2D eigenvalue weighted by molar-refractivity contribution is 6.35. The van der Waals surface area contributed by atoms with E-state index in [4.69, 9.17) is 22.1 Å². The van der Waals surface area contributed by atoms with Crippen LogP contribution in [0.2, 0.25) is 5.02 Å². The van der Waals surface area contributed by atoms with Crippen molar-refractivity contribution in [1.82, 2.24) is 20.2 Å². The molecule has 3 rings (SSSR count). The molecule has 1 amide bonds. The van der Waals surface area contributed by atoms with E-state index in [1.54, 1.807) is 30.5 Å². The molecule has 0 saturated heterocycles. The maximum atomic E-state index is 12.2. The molecule has 2 aromatic heterocycles. The van der Waals surface area contributed by atoms with Crippen molar-refractivity contribution >= 4 is 34.4 Å². The average molecular weight is 401 g/mol. The maximum absolute atomic E-state index is 12.2. The van der Waals surface area contributed by atoms with Crippen LogP contribution in [-0.4, -0.2) is 47.9 Å². The fraction of sp³-hybridized carbons (Fsp3) is 0.211. The van der Waals surface area contributed by atoms with E-state index in [2.05, 4.69) is 20.3 Å². The number of guanidine groups is 1. The van der Waals surface area contributed by atoms with Gasteiger partial charge in [0, 0.05) is 43.4 Å². The number of fused-ring (bicyclic) bond motifs is 1. The third-order valence-corrected chi connectivity index (χ3v) is 4.20. The van der Waals surface area contributed by atoms with Crippen LogP contribution in [0.15, 0.2) is 41.5 Å². The first kappa shape index (κ1) is 19.7. The minimum Gasteiger partial charge on any atom is -0.457 e. The summed E-state index contributed by atoms with van der Waals surface area (Å²) in [7, 11) is 5.44. The number of rotatable bonds is 5. The predicted octanol–water partition coefficient (Wildman–Crippen LogP) is 2.74. The molecule has 0 aliphatic rings. The Labute approximate surface area is 167 Å². The number of ether oxygens (including phenoxy) is 1. The Hall–Kier alpha value is -3.10. The minimum absolute atomic E-state index is 0.0324. The molecule has 0 aliphatic carbocycles. The molecule has 8 nitrogen and oxygen atoms in total. The van der Waals surface area contributed by atoms with Crippen molar-refractivity contribution in [1.29, 1.82) is 0 Å². The van der Waals surface area contributed by atoms with E-state index in [1.807, 2.05) is 25.1 Å². The Bertz CT molecular complexity index is 1040. The molecule has 3 aromatic rings. The van der Waals surface area contributed by atoms with Gasteiger partial charge in [0.05, 0.1) is 16.2 Å². The Morgan fingerprint density at radius 2 is 2.11 bits per heavy atom. The summed E-state index contributed by atoms with van der Waals surface area (Å²) in [6, 6.07) is 8.78. The lowest BCUT2D eigenvalue weighted by atomic mass is 10.2. The molecule has 9 heteroatoms. The molecule has 0 aliphatic heterocycles. The van der Waals surface area contributed by atoms with E-state index in [9.17, 15) is 4.79 Å². The van der Waals surface area contributed by atoms with Crippen LogP contribution in [0.25, 0.3) is 10.9 Å². The lowest BCUT2D eigenvalue weighted by Gasteiger charge is -2.11. The van der Waals surface area contributed by atoms with Gasteiger partial charge < -0.3 is 20.4 Å². The molecule has 4 N–H and O–H groups in total. The second-order valence-corrected chi connectivity index (χ2v) is 6.84. The van der Waals surface area contributed by atoms with Crippen LogP contribution in [-0.2, 0) is 6.54 Å². The summed E-state index contributed by atoms with van der Waals surface area (Å²) in [5.41, 5.74) is 7.42. The highest BCUT2D eigenvalue weighted by Gasteiger charge is 2.14. The van der Waals surface area contributed by atoms with Crippen LogP contribution in [0.4, 0.5) is 0 Å². The highest BCUT2D eigenvalue weighted by atomic mass is 35.5. The molecular formula is C19H21ClN6O2. The van der Waals surface area contributed by atoms with Gasteiger partial charge in [0.25, 0.3) is 5.91 Å². The van der Waals surface area contributed by atoms with Gasteiger partial charge in [-0.3, -0.25) is 20.1 Å². The quantitative estimate of drug-likeness (QED) is 0.450. The Kier molecular flexibility index (Phi) is 5.81. The zero-order valence-electron chi connectivity index (χ0n) is 15.8. The summed E-state index contributed by atoms with van der Waals surface area (Å²) in [5.74, 6) is 0.826. The third-order valence-electron chi connectivity index (χ3n) is 3.89. The number of halogens is 1. The fourth-order valence-corrected chi connectivity index (χ4v) is 2.92. The standard InChI is InChI=1S/C19H21ClN6O2/c1-22-19(21)25-18(27)17-9-14-15(20)7-13(8-16(14)24-17)28-12-4-5-23-11(6-12)10-26(2)3/h4-9,24H,10H2,1-3H3,(H3,21,22,25,27). The zero-order chi connectivity index (χ0) is 20.3. The number of hydrogen-bond acceptors (Lipinski definition) is 5. The van der Waals surface area contributed by atoms with Crippen molar-refractivity contribution in [3.05, 3.63) is 52.9 Å². The van der Waals surface area contributed by atoms with Gasteiger partial charge in [-0.2, -0.15) is 0 Å². The summed E-state index contributed by atoms with van der Waals surface area (Å²) in [6.07, 6.45) is 1.70. The molecule has 28 heavy (non-hydrogen) atoms. The van der Waals surface area contributed by atoms with Crippen molar-refractivity contribution in [3.63, 3.8) is 0 Å². The molecule has 0 atom stereocenters. The van der Waals surface area contributed by atoms with Gasteiger partial charge in [0.2, 0.25) is 0 Å². The highest BCUT2D eigenvalue weighted by Crippen LogP contribution is 2.32. The number of hydrogen-bond donors (Lipinski definition) is 3. The van der Waals surface area contributed by atoms with Gasteiger partial charge in [0.15, 0.2) is 5.96 Å². The number of nitrogens with zero attached hydrogens (tertiary/aromatic N) is 3. The second kappa shape index (κ2) is 8.28. The Morgan fingerprint density at radius 1 is 1.32 bits per heavy atom. The van der Waals surface area contributed by atoms with Crippen molar-refractivity contribution in [2.24, 2.45) is 10.7 Å². The lowest BCUT2D eigenvalue weighted by Crippen LogP contribution is -2.36. The van der Waals surface area contributed by atoms with Crippen molar-refractivity contribution < 1.29 is 9.53 Å². The van der Waals surface area contributed by atoms with E-state index in [0.717, 1.165) is 5.69 Å². The van der Waals surface area contributed by atoms with Gasteiger partial charge in [-0.25, -0.2) is 0 Å². The molecule has 146 valence electrons. The largest absolute Gasteiger partial charge is 0.457 e. The SMILES string of the molecule is CN=C(N)NC(=O)c1cc2c(Cl)cc(Oc3ccnc(CN(C)C)c3)cc2[nH]1. The summed E-state index contributed by atoms with van der Waals surface area (Å²) in [4.78, 5) is 25.3. The normalized spacial score (nSPS) is 11.8. The Balaban J connectivity index is 1.86. The third kappa shape index (κ3) is 4.59. The van der Waals surface area contributed by atoms with Crippen molar-refractivity contribution in [2.45, 2.75) is 6.54 Å². The van der Waals surface area contributed by atoms with Gasteiger partial charge >= 0.3 is 0 Å². The van der Waals surface area contributed by atoms with Crippen LogP contribution < -0.4 is 15.8 Å². The van der Waals surface area contributed by atoms with E-state index in [0.29, 0.717) is 39.7 Å².